The van der Waals surface area contributed by atoms with Crippen LogP contribution in [0, 0.1) is 0 Å². The summed E-state index contributed by atoms with van der Waals surface area (Å²) in [7, 11) is 0. The molecule has 0 fully saturated rings. The van der Waals surface area contributed by atoms with Gasteiger partial charge in [-0.2, -0.15) is 0 Å². The first-order chi connectivity index (χ1) is 27.7. The summed E-state index contributed by atoms with van der Waals surface area (Å²) in [4.78, 5) is 7.20. The van der Waals surface area contributed by atoms with Crippen molar-refractivity contribution >= 4 is 71.3 Å². The average Bonchev–Trinajstić information content (AvgIpc) is 3.72. The van der Waals surface area contributed by atoms with Crippen LogP contribution in [0.2, 0.25) is 0 Å². The Morgan fingerprint density at radius 2 is 0.982 bits per heavy atom. The fourth-order valence-corrected chi connectivity index (χ4v) is 8.35. The highest BCUT2D eigenvalue weighted by Gasteiger charge is 2.17. The van der Waals surface area contributed by atoms with Crippen LogP contribution < -0.4 is 4.90 Å². The first-order valence-corrected chi connectivity index (χ1v) is 19.0. The quantitative estimate of drug-likeness (QED) is 0.161. The van der Waals surface area contributed by atoms with E-state index < -0.39 is 0 Å². The Balaban J connectivity index is 0.986. The Morgan fingerprint density at radius 3 is 1.82 bits per heavy atom. The van der Waals surface area contributed by atoms with E-state index in [1.165, 1.54) is 43.4 Å². The monoisotopic (exact) mass is 714 g/mol. The molecule has 0 bridgehead atoms. The molecule has 0 amide bonds. The molecule has 262 valence electrons. The Bertz CT molecular complexity index is 3240. The summed E-state index contributed by atoms with van der Waals surface area (Å²) in [6.07, 6.45) is 0. The van der Waals surface area contributed by atoms with Crippen LogP contribution in [0.3, 0.4) is 0 Å². The predicted molar refractivity (Wildman–Crippen MR) is 235 cm³/mol. The lowest BCUT2D eigenvalue weighted by Gasteiger charge is -2.26. The van der Waals surface area contributed by atoms with Gasteiger partial charge in [-0.3, -0.25) is 0 Å². The number of hydrogen-bond donors (Lipinski definition) is 0. The molecule has 10 aromatic carbocycles. The molecule has 1 heterocycles. The number of benzene rings is 10. The van der Waals surface area contributed by atoms with E-state index in [9.17, 15) is 0 Å². The van der Waals surface area contributed by atoms with Gasteiger partial charge in [0.05, 0.1) is 0 Å². The molecular formula is C53H34N2O. The molecule has 0 atom stereocenters. The molecule has 0 saturated heterocycles. The third-order valence-corrected chi connectivity index (χ3v) is 11.0. The van der Waals surface area contributed by atoms with Gasteiger partial charge in [-0.25, -0.2) is 4.98 Å². The number of aromatic nitrogens is 1. The molecule has 0 N–H and O–H groups in total. The van der Waals surface area contributed by atoms with Crippen molar-refractivity contribution in [2.75, 3.05) is 4.90 Å². The lowest BCUT2D eigenvalue weighted by atomic mass is 9.93. The van der Waals surface area contributed by atoms with Gasteiger partial charge in [-0.15, -0.1) is 0 Å². The van der Waals surface area contributed by atoms with Crippen LogP contribution in [0.15, 0.2) is 211 Å². The fraction of sp³-hybridized carbons (Fsp3) is 0. The first-order valence-electron chi connectivity index (χ1n) is 19.0. The summed E-state index contributed by atoms with van der Waals surface area (Å²) in [6, 6.07) is 73.6. The molecule has 0 spiro atoms. The van der Waals surface area contributed by atoms with Crippen LogP contribution >= 0.6 is 0 Å². The van der Waals surface area contributed by atoms with Gasteiger partial charge in [0.25, 0.3) is 0 Å². The van der Waals surface area contributed by atoms with E-state index in [0.717, 1.165) is 55.6 Å². The molecule has 3 nitrogen and oxygen atoms in total. The van der Waals surface area contributed by atoms with Crippen LogP contribution in [0.25, 0.3) is 87.9 Å². The van der Waals surface area contributed by atoms with E-state index >= 15 is 0 Å². The Kier molecular flexibility index (Phi) is 7.49. The molecule has 1 aromatic heterocycles. The average molecular weight is 715 g/mol. The Hall–Kier alpha value is -7.49. The zero-order chi connectivity index (χ0) is 37.0. The number of rotatable bonds is 6. The number of oxazole rings is 1. The van der Waals surface area contributed by atoms with Crippen molar-refractivity contribution in [2.45, 2.75) is 0 Å². The molecule has 0 radical (unpaired) electrons. The van der Waals surface area contributed by atoms with Gasteiger partial charge < -0.3 is 9.32 Å². The van der Waals surface area contributed by atoms with Gasteiger partial charge >= 0.3 is 0 Å². The summed E-state index contributed by atoms with van der Waals surface area (Å²) >= 11 is 0. The third-order valence-electron chi connectivity index (χ3n) is 11.0. The van der Waals surface area contributed by atoms with Crippen molar-refractivity contribution in [1.29, 1.82) is 0 Å². The van der Waals surface area contributed by atoms with Gasteiger partial charge in [-0.05, 0) is 127 Å². The molecule has 0 aliphatic carbocycles. The first kappa shape index (κ1) is 32.0. The minimum Gasteiger partial charge on any atom is -0.435 e. The largest absolute Gasteiger partial charge is 0.435 e. The highest BCUT2D eigenvalue weighted by Crippen LogP contribution is 2.41. The number of anilines is 3. The van der Waals surface area contributed by atoms with Crippen LogP contribution in [-0.2, 0) is 0 Å². The van der Waals surface area contributed by atoms with Crippen molar-refractivity contribution < 1.29 is 4.42 Å². The molecule has 0 saturated carbocycles. The lowest BCUT2D eigenvalue weighted by molar-refractivity contribution is 0.623. The van der Waals surface area contributed by atoms with Crippen molar-refractivity contribution in [2.24, 2.45) is 0 Å². The second kappa shape index (κ2) is 13.1. The van der Waals surface area contributed by atoms with E-state index in [-0.39, 0.29) is 0 Å². The smallest absolute Gasteiger partial charge is 0.227 e. The summed E-state index contributed by atoms with van der Waals surface area (Å²) in [6.45, 7) is 0. The van der Waals surface area contributed by atoms with E-state index in [0.29, 0.717) is 5.89 Å². The normalized spacial score (nSPS) is 11.6. The maximum absolute atomic E-state index is 6.49. The standard InChI is InChI=1S/C53H34N2O/c1-3-12-37(13-4-1)53-54-50-31-27-36-15-11-21-46(51(36)52(50)56-53)41-23-22-39-33-44(30-26-38(39)32-41)55(42-16-5-2-6-17-42)43-28-24-35(25-29-43)49-34-40-14-7-8-18-45(40)47-19-9-10-20-48(47)49/h1-34H. The maximum atomic E-state index is 6.49. The molecular weight excluding hydrogens is 681 g/mol. The lowest BCUT2D eigenvalue weighted by Crippen LogP contribution is -2.09. The van der Waals surface area contributed by atoms with E-state index in [1.54, 1.807) is 0 Å². The van der Waals surface area contributed by atoms with Gasteiger partial charge in [0.1, 0.15) is 5.52 Å². The Labute approximate surface area is 324 Å². The highest BCUT2D eigenvalue weighted by molar-refractivity contribution is 6.14. The van der Waals surface area contributed by atoms with Crippen molar-refractivity contribution in [3.8, 4) is 33.7 Å². The fourth-order valence-electron chi connectivity index (χ4n) is 8.35. The maximum Gasteiger partial charge on any atom is 0.227 e. The number of hydrogen-bond acceptors (Lipinski definition) is 3. The Morgan fingerprint density at radius 1 is 0.357 bits per heavy atom. The van der Waals surface area contributed by atoms with Crippen LogP contribution in [-0.4, -0.2) is 4.98 Å². The van der Waals surface area contributed by atoms with Gasteiger partial charge in [-0.1, -0.05) is 140 Å². The second-order valence-electron chi connectivity index (χ2n) is 14.4. The summed E-state index contributed by atoms with van der Waals surface area (Å²) in [5.41, 5.74) is 10.6. The van der Waals surface area contributed by atoms with Crippen LogP contribution in [0.5, 0.6) is 0 Å². The van der Waals surface area contributed by atoms with Gasteiger partial charge in [0, 0.05) is 28.0 Å². The van der Waals surface area contributed by atoms with Crippen molar-refractivity contribution in [3.05, 3.63) is 206 Å². The zero-order valence-electron chi connectivity index (χ0n) is 30.4. The summed E-state index contributed by atoms with van der Waals surface area (Å²) in [5, 5.41) is 9.61. The molecule has 56 heavy (non-hydrogen) atoms. The van der Waals surface area contributed by atoms with Gasteiger partial charge in [0.15, 0.2) is 5.58 Å². The minimum atomic E-state index is 0.633. The molecule has 0 unspecified atom stereocenters. The summed E-state index contributed by atoms with van der Waals surface area (Å²) in [5.74, 6) is 0.633. The van der Waals surface area contributed by atoms with E-state index in [4.69, 9.17) is 9.40 Å². The predicted octanol–water partition coefficient (Wildman–Crippen LogP) is 14.9. The highest BCUT2D eigenvalue weighted by atomic mass is 16.3. The van der Waals surface area contributed by atoms with Gasteiger partial charge in [0.2, 0.25) is 5.89 Å². The second-order valence-corrected chi connectivity index (χ2v) is 14.4. The van der Waals surface area contributed by atoms with Crippen LogP contribution in [0.1, 0.15) is 0 Å². The third kappa shape index (κ3) is 5.40. The molecule has 3 heteroatoms. The molecule has 0 aliphatic heterocycles. The van der Waals surface area contributed by atoms with E-state index in [2.05, 4.69) is 181 Å². The van der Waals surface area contributed by atoms with Crippen molar-refractivity contribution in [1.82, 2.24) is 4.98 Å². The zero-order valence-corrected chi connectivity index (χ0v) is 30.4. The summed E-state index contributed by atoms with van der Waals surface area (Å²) < 4.78 is 6.49. The molecule has 11 aromatic rings. The minimum absolute atomic E-state index is 0.633. The number of fused-ring (bicyclic) bond motifs is 7. The topological polar surface area (TPSA) is 29.3 Å². The molecule has 0 aliphatic rings. The number of para-hydroxylation sites is 1. The SMILES string of the molecule is c1ccc(-c2nc3ccc4cccc(-c5ccc6cc(N(c7ccccc7)c7ccc(-c8cc9ccccc9c9ccccc89)cc7)ccc6c5)c4c3o2)cc1. The van der Waals surface area contributed by atoms with Crippen LogP contribution in [0.4, 0.5) is 17.1 Å². The van der Waals surface area contributed by atoms with Crippen molar-refractivity contribution in [3.63, 3.8) is 0 Å². The molecule has 11 rings (SSSR count). The van der Waals surface area contributed by atoms with E-state index in [1.807, 2.05) is 30.3 Å². The number of nitrogens with zero attached hydrogens (tertiary/aromatic N) is 2.